The average molecular weight is 739 g/mol. The molecular formula is C46H58O8. The Bertz CT molecular complexity index is 1660. The lowest BCUT2D eigenvalue weighted by Gasteiger charge is -2.32. The van der Waals surface area contributed by atoms with Gasteiger partial charge in [0.05, 0.1) is 50.7 Å². The summed E-state index contributed by atoms with van der Waals surface area (Å²) in [6.07, 6.45) is 12.5. The minimum absolute atomic E-state index is 0.356. The van der Waals surface area contributed by atoms with Crippen LogP contribution in [0.4, 0.5) is 0 Å². The zero-order chi connectivity index (χ0) is 39.1. The quantitative estimate of drug-likeness (QED) is 0.0729. The molecular weight excluding hydrogens is 680 g/mol. The second-order valence-electron chi connectivity index (χ2n) is 14.8. The molecule has 5 rings (SSSR count). The van der Waals surface area contributed by atoms with Crippen LogP contribution in [-0.2, 0) is 70.3 Å². The Kier molecular flexibility index (Phi) is 13.8. The van der Waals surface area contributed by atoms with Gasteiger partial charge in [0, 0.05) is 0 Å². The van der Waals surface area contributed by atoms with Gasteiger partial charge in [-0.15, -0.1) is 0 Å². The smallest absolute Gasteiger partial charge is 0.339 e. The summed E-state index contributed by atoms with van der Waals surface area (Å²) in [5.41, 5.74) is 14.4. The van der Waals surface area contributed by atoms with Crippen LogP contribution in [0.2, 0.25) is 0 Å². The van der Waals surface area contributed by atoms with Crippen LogP contribution in [0.3, 0.4) is 0 Å². The maximum Gasteiger partial charge on any atom is 0.339 e. The lowest BCUT2D eigenvalue weighted by atomic mass is 9.72. The van der Waals surface area contributed by atoms with Gasteiger partial charge < -0.3 is 18.9 Å². The standard InChI is InChI=1S/C46H58O8/c1-9-13-17-31-35-23-27-21-29-25-37-33(19-15-11-3)41(45(49)53-7)42(46(50)54-8)34(20-16-12-4)38(37)26-30(29)22-28(27)24-36(35)32(18-14-10-2)40(44(48)52-6)39(31)43(47)51-5/h21-22H,9-20,23-26H2,1-8H3. The number of benzene rings is 3. The van der Waals surface area contributed by atoms with Crippen molar-refractivity contribution in [1.82, 2.24) is 0 Å². The molecule has 3 aromatic carbocycles. The first-order valence-corrected chi connectivity index (χ1v) is 20.0. The molecule has 3 aromatic rings. The largest absolute Gasteiger partial charge is 0.465 e. The molecule has 2 aliphatic carbocycles. The SMILES string of the molecule is CCCCc1c2c(c(CCCC)c(C(=O)OC)c1C(=O)OC)Cc1cc3c(cc1C2)Cc1c(c(CCCC)c(C(=O)OC)c(C(=O)OC)c1CCCC)C3. The summed E-state index contributed by atoms with van der Waals surface area (Å²) in [5.74, 6) is -2.00. The Labute approximate surface area is 321 Å². The summed E-state index contributed by atoms with van der Waals surface area (Å²) in [4.78, 5) is 54.4. The molecule has 0 N–H and O–H groups in total. The average Bonchev–Trinajstić information content (AvgIpc) is 3.19. The lowest BCUT2D eigenvalue weighted by Crippen LogP contribution is -2.25. The molecule has 0 amide bonds. The molecule has 0 aliphatic heterocycles. The lowest BCUT2D eigenvalue weighted by molar-refractivity contribution is 0.0552. The predicted molar refractivity (Wildman–Crippen MR) is 210 cm³/mol. The molecule has 8 heteroatoms. The number of fused-ring (bicyclic) bond motifs is 4. The Hall–Kier alpha value is -4.46. The highest BCUT2D eigenvalue weighted by Crippen LogP contribution is 2.43. The molecule has 0 spiro atoms. The minimum Gasteiger partial charge on any atom is -0.465 e. The normalized spacial score (nSPS) is 12.6. The number of hydrogen-bond acceptors (Lipinski definition) is 8. The highest BCUT2D eigenvalue weighted by molar-refractivity contribution is 6.07. The molecule has 290 valence electrons. The van der Waals surface area contributed by atoms with Gasteiger partial charge in [0.25, 0.3) is 0 Å². The van der Waals surface area contributed by atoms with Crippen molar-refractivity contribution >= 4 is 23.9 Å². The fourth-order valence-electron chi connectivity index (χ4n) is 8.83. The zero-order valence-electron chi connectivity index (χ0n) is 33.7. The topological polar surface area (TPSA) is 105 Å². The summed E-state index contributed by atoms with van der Waals surface area (Å²) < 4.78 is 21.4. The van der Waals surface area contributed by atoms with Crippen molar-refractivity contribution in [3.05, 3.63) is 101 Å². The molecule has 0 radical (unpaired) electrons. The molecule has 2 aliphatic rings. The van der Waals surface area contributed by atoms with Crippen LogP contribution in [0.15, 0.2) is 12.1 Å². The summed E-state index contributed by atoms with van der Waals surface area (Å²) in [6, 6.07) is 4.67. The van der Waals surface area contributed by atoms with E-state index in [9.17, 15) is 19.2 Å². The van der Waals surface area contributed by atoms with Gasteiger partial charge in [0.2, 0.25) is 0 Å². The molecule has 0 aromatic heterocycles. The second kappa shape index (κ2) is 18.2. The number of esters is 4. The van der Waals surface area contributed by atoms with Crippen molar-refractivity contribution in [3.8, 4) is 0 Å². The predicted octanol–water partition coefficient (Wildman–Crippen LogP) is 9.19. The third-order valence-electron chi connectivity index (χ3n) is 11.6. The van der Waals surface area contributed by atoms with Crippen molar-refractivity contribution in [3.63, 3.8) is 0 Å². The maximum atomic E-state index is 13.6. The molecule has 0 saturated carbocycles. The molecule has 54 heavy (non-hydrogen) atoms. The van der Waals surface area contributed by atoms with E-state index < -0.39 is 23.9 Å². The summed E-state index contributed by atoms with van der Waals surface area (Å²) in [7, 11) is 5.50. The van der Waals surface area contributed by atoms with Gasteiger partial charge in [-0.3, -0.25) is 0 Å². The Morgan fingerprint density at radius 1 is 0.407 bits per heavy atom. The first kappa shape index (κ1) is 40.7. The molecule has 0 saturated heterocycles. The van der Waals surface area contributed by atoms with Gasteiger partial charge in [-0.2, -0.15) is 0 Å². The van der Waals surface area contributed by atoms with Crippen molar-refractivity contribution in [2.24, 2.45) is 0 Å². The number of carbonyl (C=O) groups is 4. The van der Waals surface area contributed by atoms with E-state index in [1.165, 1.54) is 50.7 Å². The highest BCUT2D eigenvalue weighted by Gasteiger charge is 2.36. The van der Waals surface area contributed by atoms with E-state index in [1.54, 1.807) is 0 Å². The van der Waals surface area contributed by atoms with E-state index in [1.807, 2.05) is 0 Å². The number of ether oxygens (including phenoxy) is 4. The van der Waals surface area contributed by atoms with Crippen LogP contribution in [0.1, 0.15) is 187 Å². The number of methoxy groups -OCH3 is 4. The first-order valence-electron chi connectivity index (χ1n) is 20.0. The monoisotopic (exact) mass is 738 g/mol. The molecule has 0 unspecified atom stereocenters. The summed E-state index contributed by atoms with van der Waals surface area (Å²) in [5, 5.41) is 0. The van der Waals surface area contributed by atoms with E-state index in [0.29, 0.717) is 73.6 Å². The van der Waals surface area contributed by atoms with Gasteiger partial charge in [0.15, 0.2) is 0 Å². The number of hydrogen-bond donors (Lipinski definition) is 0. The minimum atomic E-state index is -0.499. The molecule has 8 nitrogen and oxygen atoms in total. The van der Waals surface area contributed by atoms with Crippen LogP contribution in [-0.4, -0.2) is 52.3 Å². The fourth-order valence-corrected chi connectivity index (χ4v) is 8.83. The van der Waals surface area contributed by atoms with Crippen LogP contribution in [0, 0.1) is 0 Å². The highest BCUT2D eigenvalue weighted by atomic mass is 16.5. The second-order valence-corrected chi connectivity index (χ2v) is 14.8. The molecule has 0 heterocycles. The number of carbonyl (C=O) groups excluding carboxylic acids is 4. The fraction of sp³-hybridized carbons (Fsp3) is 0.522. The Balaban J connectivity index is 1.76. The van der Waals surface area contributed by atoms with Gasteiger partial charge in [-0.1, -0.05) is 65.5 Å². The first-order chi connectivity index (χ1) is 26.1. The summed E-state index contributed by atoms with van der Waals surface area (Å²) >= 11 is 0. The molecule has 0 bridgehead atoms. The molecule has 0 fully saturated rings. The van der Waals surface area contributed by atoms with Crippen LogP contribution < -0.4 is 0 Å². The third kappa shape index (κ3) is 7.71. The molecule has 0 atom stereocenters. The van der Waals surface area contributed by atoms with E-state index in [0.717, 1.165) is 95.9 Å². The van der Waals surface area contributed by atoms with Crippen LogP contribution >= 0.6 is 0 Å². The van der Waals surface area contributed by atoms with Gasteiger partial charge in [-0.25, -0.2) is 19.2 Å². The Morgan fingerprint density at radius 3 is 0.778 bits per heavy atom. The van der Waals surface area contributed by atoms with E-state index in [2.05, 4.69) is 39.8 Å². The van der Waals surface area contributed by atoms with Gasteiger partial charge >= 0.3 is 23.9 Å². The van der Waals surface area contributed by atoms with Crippen LogP contribution in [0.5, 0.6) is 0 Å². The van der Waals surface area contributed by atoms with E-state index >= 15 is 0 Å². The summed E-state index contributed by atoms with van der Waals surface area (Å²) in [6.45, 7) is 8.51. The number of rotatable bonds is 16. The van der Waals surface area contributed by atoms with Crippen molar-refractivity contribution < 1.29 is 38.1 Å². The van der Waals surface area contributed by atoms with Crippen molar-refractivity contribution in [2.75, 3.05) is 28.4 Å². The van der Waals surface area contributed by atoms with E-state index in [4.69, 9.17) is 18.9 Å². The zero-order valence-corrected chi connectivity index (χ0v) is 33.7. The van der Waals surface area contributed by atoms with E-state index in [-0.39, 0.29) is 0 Å². The number of unbranched alkanes of at least 4 members (excludes halogenated alkanes) is 4. The van der Waals surface area contributed by atoms with Crippen molar-refractivity contribution in [2.45, 2.75) is 130 Å². The third-order valence-corrected chi connectivity index (χ3v) is 11.6. The van der Waals surface area contributed by atoms with Crippen molar-refractivity contribution in [1.29, 1.82) is 0 Å². The van der Waals surface area contributed by atoms with Gasteiger partial charge in [0.1, 0.15) is 0 Å². The van der Waals surface area contributed by atoms with Gasteiger partial charge in [-0.05, 0) is 144 Å². The van der Waals surface area contributed by atoms with Crippen LogP contribution in [0.25, 0.3) is 0 Å². The maximum absolute atomic E-state index is 13.6. The Morgan fingerprint density at radius 2 is 0.611 bits per heavy atom.